The summed E-state index contributed by atoms with van der Waals surface area (Å²) in [5, 5.41) is 13.3. The second-order valence-corrected chi connectivity index (χ2v) is 7.59. The van der Waals surface area contributed by atoms with Crippen LogP contribution in [0.4, 0.5) is 5.69 Å². The number of aromatic nitrogens is 3. The van der Waals surface area contributed by atoms with Crippen LogP contribution >= 0.6 is 15.9 Å². The highest BCUT2D eigenvalue weighted by Gasteiger charge is 2.13. The Hall–Kier alpha value is -3.78. The summed E-state index contributed by atoms with van der Waals surface area (Å²) in [6.07, 6.45) is 3.12. The van der Waals surface area contributed by atoms with Gasteiger partial charge >= 0.3 is 0 Å². The molecule has 0 saturated heterocycles. The summed E-state index contributed by atoms with van der Waals surface area (Å²) in [5.74, 6) is -0.450. The number of halogens is 1. The summed E-state index contributed by atoms with van der Waals surface area (Å²) >= 11 is 3.42. The standard InChI is InChI=1S/C23H18BrN5O2/c24-21-11-10-19(29-14-26-27-15-29)12-20(21)23(31)28-18-8-6-17(7-9-18)22(30)25-13-16-4-2-1-3-5-16/h1-12,14-15H,13H2,(H,25,30)(H,28,31). The van der Waals surface area contributed by atoms with Gasteiger partial charge in [-0.05, 0) is 64.0 Å². The van der Waals surface area contributed by atoms with Crippen molar-refractivity contribution in [3.05, 3.63) is 107 Å². The van der Waals surface area contributed by atoms with Crippen LogP contribution in [0.25, 0.3) is 5.69 Å². The van der Waals surface area contributed by atoms with Crippen LogP contribution in [0.2, 0.25) is 0 Å². The molecular formula is C23H18BrN5O2. The van der Waals surface area contributed by atoms with Crippen molar-refractivity contribution in [3.8, 4) is 5.69 Å². The van der Waals surface area contributed by atoms with Crippen LogP contribution in [0.5, 0.6) is 0 Å². The summed E-state index contributed by atoms with van der Waals surface area (Å²) in [5.41, 5.74) is 3.37. The monoisotopic (exact) mass is 475 g/mol. The number of hydrogen-bond acceptors (Lipinski definition) is 4. The maximum Gasteiger partial charge on any atom is 0.256 e. The lowest BCUT2D eigenvalue weighted by atomic mass is 10.1. The Morgan fingerprint density at radius 3 is 2.29 bits per heavy atom. The average Bonchev–Trinajstić information content (AvgIpc) is 3.34. The lowest BCUT2D eigenvalue weighted by Gasteiger charge is -2.10. The molecule has 4 aromatic rings. The van der Waals surface area contributed by atoms with E-state index in [1.54, 1.807) is 53.6 Å². The van der Waals surface area contributed by atoms with E-state index >= 15 is 0 Å². The number of rotatable bonds is 6. The summed E-state index contributed by atoms with van der Waals surface area (Å²) in [6.45, 7) is 0.453. The molecular weight excluding hydrogens is 458 g/mol. The van der Waals surface area contributed by atoms with E-state index in [0.29, 0.717) is 27.8 Å². The molecule has 0 saturated carbocycles. The maximum atomic E-state index is 12.8. The molecule has 3 aromatic carbocycles. The summed E-state index contributed by atoms with van der Waals surface area (Å²) in [6, 6.07) is 21.9. The zero-order valence-electron chi connectivity index (χ0n) is 16.3. The predicted octanol–water partition coefficient (Wildman–Crippen LogP) is 4.21. The van der Waals surface area contributed by atoms with Crippen LogP contribution in [0.1, 0.15) is 26.3 Å². The lowest BCUT2D eigenvalue weighted by Crippen LogP contribution is -2.22. The van der Waals surface area contributed by atoms with Gasteiger partial charge in [-0.2, -0.15) is 0 Å². The largest absolute Gasteiger partial charge is 0.348 e. The molecule has 0 radical (unpaired) electrons. The van der Waals surface area contributed by atoms with E-state index in [-0.39, 0.29) is 11.8 Å². The van der Waals surface area contributed by atoms with Gasteiger partial charge in [-0.15, -0.1) is 10.2 Å². The van der Waals surface area contributed by atoms with Crippen molar-refractivity contribution < 1.29 is 9.59 Å². The maximum absolute atomic E-state index is 12.8. The zero-order valence-corrected chi connectivity index (χ0v) is 17.9. The highest BCUT2D eigenvalue weighted by molar-refractivity contribution is 9.10. The quantitative estimate of drug-likeness (QED) is 0.437. The molecule has 31 heavy (non-hydrogen) atoms. The van der Waals surface area contributed by atoms with Crippen molar-refractivity contribution in [2.24, 2.45) is 0 Å². The Morgan fingerprint density at radius 1 is 0.871 bits per heavy atom. The number of nitrogens with one attached hydrogen (secondary N) is 2. The summed E-state index contributed by atoms with van der Waals surface area (Å²) < 4.78 is 2.38. The number of carbonyl (C=O) groups is 2. The average molecular weight is 476 g/mol. The third-order valence-corrected chi connectivity index (χ3v) is 5.30. The van der Waals surface area contributed by atoms with Gasteiger partial charge in [0.15, 0.2) is 0 Å². The molecule has 1 aromatic heterocycles. The third-order valence-electron chi connectivity index (χ3n) is 4.61. The highest BCUT2D eigenvalue weighted by atomic mass is 79.9. The van der Waals surface area contributed by atoms with Gasteiger partial charge in [-0.1, -0.05) is 30.3 Å². The minimum Gasteiger partial charge on any atom is -0.348 e. The molecule has 7 nitrogen and oxygen atoms in total. The first-order chi connectivity index (χ1) is 15.1. The van der Waals surface area contributed by atoms with Gasteiger partial charge in [-0.3, -0.25) is 14.2 Å². The fourth-order valence-corrected chi connectivity index (χ4v) is 3.39. The second kappa shape index (κ2) is 9.36. The fraction of sp³-hybridized carbons (Fsp3) is 0.0435. The van der Waals surface area contributed by atoms with Crippen LogP contribution in [-0.2, 0) is 6.54 Å². The Morgan fingerprint density at radius 2 is 1.58 bits per heavy atom. The highest BCUT2D eigenvalue weighted by Crippen LogP contribution is 2.22. The zero-order chi connectivity index (χ0) is 21.6. The molecule has 2 N–H and O–H groups in total. The predicted molar refractivity (Wildman–Crippen MR) is 121 cm³/mol. The van der Waals surface area contributed by atoms with Crippen molar-refractivity contribution >= 4 is 33.4 Å². The smallest absolute Gasteiger partial charge is 0.256 e. The van der Waals surface area contributed by atoms with Crippen LogP contribution in [0, 0.1) is 0 Å². The Balaban J connectivity index is 1.41. The second-order valence-electron chi connectivity index (χ2n) is 6.73. The number of anilines is 1. The summed E-state index contributed by atoms with van der Waals surface area (Å²) in [7, 11) is 0. The number of amides is 2. The topological polar surface area (TPSA) is 88.9 Å². The van der Waals surface area contributed by atoms with Gasteiger partial charge < -0.3 is 10.6 Å². The molecule has 1 heterocycles. The first-order valence-corrected chi connectivity index (χ1v) is 10.3. The van der Waals surface area contributed by atoms with E-state index in [4.69, 9.17) is 0 Å². The van der Waals surface area contributed by atoms with Gasteiger partial charge in [-0.25, -0.2) is 0 Å². The molecule has 0 spiro atoms. The van der Waals surface area contributed by atoms with Crippen LogP contribution in [0.15, 0.2) is 89.9 Å². The third kappa shape index (κ3) is 5.04. The minimum absolute atomic E-state index is 0.175. The van der Waals surface area contributed by atoms with E-state index in [9.17, 15) is 9.59 Å². The van der Waals surface area contributed by atoms with Crippen molar-refractivity contribution in [3.63, 3.8) is 0 Å². The lowest BCUT2D eigenvalue weighted by molar-refractivity contribution is 0.0950. The molecule has 0 bridgehead atoms. The number of hydrogen-bond donors (Lipinski definition) is 2. The van der Waals surface area contributed by atoms with Crippen molar-refractivity contribution in [2.45, 2.75) is 6.54 Å². The molecule has 4 rings (SSSR count). The van der Waals surface area contributed by atoms with Crippen molar-refractivity contribution in [1.82, 2.24) is 20.1 Å². The van der Waals surface area contributed by atoms with Gasteiger partial charge in [0.25, 0.3) is 11.8 Å². The number of benzene rings is 3. The SMILES string of the molecule is O=C(NCc1ccccc1)c1ccc(NC(=O)c2cc(-n3cnnc3)ccc2Br)cc1. The van der Waals surface area contributed by atoms with Gasteiger partial charge in [0.1, 0.15) is 12.7 Å². The normalized spacial score (nSPS) is 10.5. The van der Waals surface area contributed by atoms with Crippen LogP contribution in [-0.4, -0.2) is 26.6 Å². The molecule has 0 aliphatic rings. The minimum atomic E-state index is -0.275. The molecule has 0 aliphatic carbocycles. The van der Waals surface area contributed by atoms with Gasteiger partial charge in [0.2, 0.25) is 0 Å². The Labute approximate surface area is 187 Å². The molecule has 154 valence electrons. The first-order valence-electron chi connectivity index (χ1n) is 9.48. The van der Waals surface area contributed by atoms with Gasteiger partial charge in [0.05, 0.1) is 5.56 Å². The van der Waals surface area contributed by atoms with Crippen molar-refractivity contribution in [2.75, 3.05) is 5.32 Å². The molecule has 0 fully saturated rings. The Bertz CT molecular complexity index is 1190. The number of carbonyl (C=O) groups excluding carboxylic acids is 2. The summed E-state index contributed by atoms with van der Waals surface area (Å²) in [4.78, 5) is 25.1. The molecule has 2 amide bonds. The van der Waals surface area contributed by atoms with E-state index in [0.717, 1.165) is 11.3 Å². The fourth-order valence-electron chi connectivity index (χ4n) is 2.97. The molecule has 0 unspecified atom stereocenters. The molecule has 0 atom stereocenters. The molecule has 8 heteroatoms. The van der Waals surface area contributed by atoms with Crippen LogP contribution < -0.4 is 10.6 Å². The van der Waals surface area contributed by atoms with E-state index in [1.165, 1.54) is 0 Å². The number of nitrogens with zero attached hydrogens (tertiary/aromatic N) is 3. The Kier molecular flexibility index (Phi) is 6.18. The van der Waals surface area contributed by atoms with Gasteiger partial charge in [0, 0.05) is 28.0 Å². The van der Waals surface area contributed by atoms with Crippen LogP contribution in [0.3, 0.4) is 0 Å². The molecule has 0 aliphatic heterocycles. The first kappa shape index (κ1) is 20.5. The van der Waals surface area contributed by atoms with E-state index < -0.39 is 0 Å². The van der Waals surface area contributed by atoms with E-state index in [2.05, 4.69) is 36.8 Å². The van der Waals surface area contributed by atoms with Crippen molar-refractivity contribution in [1.29, 1.82) is 0 Å². The van der Waals surface area contributed by atoms with E-state index in [1.807, 2.05) is 36.4 Å².